The van der Waals surface area contributed by atoms with Gasteiger partial charge in [0.2, 0.25) is 0 Å². The molecule has 2 aromatic carbocycles. The van der Waals surface area contributed by atoms with Crippen molar-refractivity contribution in [2.75, 3.05) is 26.8 Å². The van der Waals surface area contributed by atoms with Crippen molar-refractivity contribution in [3.05, 3.63) is 83.4 Å². The van der Waals surface area contributed by atoms with E-state index in [2.05, 4.69) is 30.3 Å². The van der Waals surface area contributed by atoms with Crippen LogP contribution in [0.1, 0.15) is 24.0 Å². The third kappa shape index (κ3) is 5.75. The van der Waals surface area contributed by atoms with E-state index < -0.39 is 0 Å². The molecule has 3 atom stereocenters. The monoisotopic (exact) mass is 421 g/mol. The molecule has 2 aliphatic rings. The van der Waals surface area contributed by atoms with Crippen LogP contribution in [0.2, 0.25) is 0 Å². The van der Waals surface area contributed by atoms with Gasteiger partial charge in [-0.2, -0.15) is 0 Å². The lowest BCUT2D eigenvalue weighted by atomic mass is 9.73. The molecule has 0 aromatic heterocycles. The molecule has 0 N–H and O–H groups in total. The third-order valence-electron chi connectivity index (χ3n) is 6.27. The normalized spacial score (nSPS) is 23.1. The van der Waals surface area contributed by atoms with Gasteiger partial charge >= 0.3 is 6.09 Å². The first-order chi connectivity index (χ1) is 15.2. The number of likely N-dealkylation sites (tertiary alicyclic amines) is 1. The van der Waals surface area contributed by atoms with Crippen molar-refractivity contribution in [1.29, 1.82) is 0 Å². The lowest BCUT2D eigenvalue weighted by Gasteiger charge is -2.43. The van der Waals surface area contributed by atoms with Crippen molar-refractivity contribution in [2.24, 2.45) is 11.8 Å². The molecule has 164 valence electrons. The van der Waals surface area contributed by atoms with E-state index in [1.54, 1.807) is 0 Å². The number of fused-ring (bicyclic) bond motifs is 1. The molecule has 1 heterocycles. The van der Waals surface area contributed by atoms with Gasteiger partial charge in [-0.3, -0.25) is 0 Å². The lowest BCUT2D eigenvalue weighted by Crippen LogP contribution is -2.47. The van der Waals surface area contributed by atoms with Crippen molar-refractivity contribution in [1.82, 2.24) is 4.90 Å². The standard InChI is InChI=1S/C26H31NO4/c1-29-26(28)27-13-12-25-22(16-27)14-24(31-18-21-10-6-3-7-11-21)15-23(25)19-30-17-20-8-4-2-5-9-20/h2-11,15,22,24-25H,12-14,16-19H2,1H3/t22-,24-,25+/m1/s1. The van der Waals surface area contributed by atoms with Crippen molar-refractivity contribution in [3.8, 4) is 0 Å². The van der Waals surface area contributed by atoms with Gasteiger partial charge in [0, 0.05) is 13.1 Å². The van der Waals surface area contributed by atoms with E-state index in [4.69, 9.17) is 14.2 Å². The Kier molecular flexibility index (Phi) is 7.39. The smallest absolute Gasteiger partial charge is 0.409 e. The summed E-state index contributed by atoms with van der Waals surface area (Å²) in [7, 11) is 1.45. The molecule has 31 heavy (non-hydrogen) atoms. The molecule has 0 unspecified atom stereocenters. The third-order valence-corrected chi connectivity index (χ3v) is 6.27. The Labute approximate surface area is 184 Å². The van der Waals surface area contributed by atoms with Crippen LogP contribution in [0.5, 0.6) is 0 Å². The Hall–Kier alpha value is -2.63. The van der Waals surface area contributed by atoms with Gasteiger partial charge in [0.25, 0.3) is 0 Å². The summed E-state index contributed by atoms with van der Waals surface area (Å²) in [5.41, 5.74) is 3.64. The Morgan fingerprint density at radius 2 is 1.65 bits per heavy atom. The van der Waals surface area contributed by atoms with Crippen LogP contribution in [0.25, 0.3) is 0 Å². The van der Waals surface area contributed by atoms with Gasteiger partial charge in [0.15, 0.2) is 0 Å². The highest BCUT2D eigenvalue weighted by molar-refractivity contribution is 5.67. The van der Waals surface area contributed by atoms with E-state index >= 15 is 0 Å². The van der Waals surface area contributed by atoms with Crippen molar-refractivity contribution < 1.29 is 19.0 Å². The van der Waals surface area contributed by atoms with Crippen LogP contribution in [0, 0.1) is 11.8 Å². The van der Waals surface area contributed by atoms with Crippen LogP contribution in [-0.4, -0.2) is 43.9 Å². The number of hydrogen-bond acceptors (Lipinski definition) is 4. The van der Waals surface area contributed by atoms with Gasteiger partial charge in [-0.25, -0.2) is 4.79 Å². The number of benzene rings is 2. The van der Waals surface area contributed by atoms with E-state index in [0.717, 1.165) is 19.4 Å². The largest absolute Gasteiger partial charge is 0.453 e. The maximum absolute atomic E-state index is 12.1. The zero-order valence-corrected chi connectivity index (χ0v) is 18.1. The number of piperidine rings is 1. The van der Waals surface area contributed by atoms with Crippen molar-refractivity contribution in [3.63, 3.8) is 0 Å². The summed E-state index contributed by atoms with van der Waals surface area (Å²) < 4.78 is 17.3. The molecule has 0 bridgehead atoms. The summed E-state index contributed by atoms with van der Waals surface area (Å²) in [4.78, 5) is 13.9. The lowest BCUT2D eigenvalue weighted by molar-refractivity contribution is 0.0148. The molecular weight excluding hydrogens is 390 g/mol. The zero-order valence-electron chi connectivity index (χ0n) is 18.1. The van der Waals surface area contributed by atoms with Gasteiger partial charge in [-0.1, -0.05) is 66.7 Å². The fourth-order valence-corrected chi connectivity index (χ4v) is 4.69. The van der Waals surface area contributed by atoms with E-state index in [1.807, 2.05) is 41.3 Å². The molecule has 5 nitrogen and oxygen atoms in total. The van der Waals surface area contributed by atoms with Crippen LogP contribution in [-0.2, 0) is 27.4 Å². The number of carbonyl (C=O) groups excluding carboxylic acids is 1. The highest BCUT2D eigenvalue weighted by atomic mass is 16.5. The van der Waals surface area contributed by atoms with E-state index in [9.17, 15) is 4.79 Å². The molecule has 1 aliphatic heterocycles. The molecule has 2 aromatic rings. The van der Waals surface area contributed by atoms with Crippen LogP contribution in [0.4, 0.5) is 4.79 Å². The Morgan fingerprint density at radius 3 is 2.32 bits per heavy atom. The minimum Gasteiger partial charge on any atom is -0.453 e. The number of carbonyl (C=O) groups is 1. The van der Waals surface area contributed by atoms with Gasteiger partial charge in [-0.05, 0) is 41.4 Å². The van der Waals surface area contributed by atoms with Crippen molar-refractivity contribution >= 4 is 6.09 Å². The minimum atomic E-state index is -0.239. The quantitative estimate of drug-likeness (QED) is 0.601. The molecule has 1 saturated heterocycles. The summed E-state index contributed by atoms with van der Waals surface area (Å²) in [5.74, 6) is 0.780. The maximum atomic E-state index is 12.1. The summed E-state index contributed by atoms with van der Waals surface area (Å²) in [6.07, 6.45) is 3.90. The molecule has 4 rings (SSSR count). The van der Waals surface area contributed by atoms with Crippen LogP contribution in [0.15, 0.2) is 72.3 Å². The minimum absolute atomic E-state index is 0.0226. The predicted molar refractivity (Wildman–Crippen MR) is 119 cm³/mol. The summed E-state index contributed by atoms with van der Waals surface area (Å²) in [6, 6.07) is 20.5. The second-order valence-electron chi connectivity index (χ2n) is 8.36. The Morgan fingerprint density at radius 1 is 0.968 bits per heavy atom. The molecule has 1 fully saturated rings. The van der Waals surface area contributed by atoms with Crippen molar-refractivity contribution in [2.45, 2.75) is 32.2 Å². The first kappa shape index (κ1) is 21.6. The molecule has 5 heteroatoms. The molecule has 0 radical (unpaired) electrons. The first-order valence-electron chi connectivity index (χ1n) is 11.0. The second-order valence-corrected chi connectivity index (χ2v) is 8.36. The fraction of sp³-hybridized carbons (Fsp3) is 0.423. The summed E-state index contributed by atoms with van der Waals surface area (Å²) in [6.45, 7) is 3.20. The van der Waals surface area contributed by atoms with E-state index in [1.165, 1.54) is 23.8 Å². The Balaban J connectivity index is 1.43. The second kappa shape index (κ2) is 10.6. The first-order valence-corrected chi connectivity index (χ1v) is 11.0. The molecular formula is C26H31NO4. The van der Waals surface area contributed by atoms with E-state index in [0.29, 0.717) is 38.2 Å². The highest BCUT2D eigenvalue weighted by Gasteiger charge is 2.38. The van der Waals surface area contributed by atoms with Crippen LogP contribution in [0.3, 0.4) is 0 Å². The zero-order chi connectivity index (χ0) is 21.5. The van der Waals surface area contributed by atoms with Gasteiger partial charge in [0.05, 0.1) is 33.0 Å². The Bertz CT molecular complexity index is 867. The fourth-order valence-electron chi connectivity index (χ4n) is 4.69. The van der Waals surface area contributed by atoms with Gasteiger partial charge in [-0.15, -0.1) is 0 Å². The summed E-state index contributed by atoms with van der Waals surface area (Å²) in [5, 5.41) is 0. The number of nitrogens with zero attached hydrogens (tertiary/aromatic N) is 1. The number of rotatable bonds is 7. The molecule has 0 saturated carbocycles. The average molecular weight is 422 g/mol. The number of ether oxygens (including phenoxy) is 3. The van der Waals surface area contributed by atoms with Gasteiger partial charge < -0.3 is 19.1 Å². The molecule has 1 aliphatic carbocycles. The predicted octanol–water partition coefficient (Wildman–Crippen LogP) is 4.82. The molecule has 1 amide bonds. The maximum Gasteiger partial charge on any atom is 0.409 e. The highest BCUT2D eigenvalue weighted by Crippen LogP contribution is 2.38. The topological polar surface area (TPSA) is 48.0 Å². The SMILES string of the molecule is COC(=O)N1CC[C@@H]2C(COCc3ccccc3)=C[C@H](OCc3ccccc3)C[C@@H]2C1. The molecule has 0 spiro atoms. The van der Waals surface area contributed by atoms with Crippen LogP contribution >= 0.6 is 0 Å². The van der Waals surface area contributed by atoms with Gasteiger partial charge in [0.1, 0.15) is 0 Å². The number of methoxy groups -OCH3 is 1. The van der Waals surface area contributed by atoms with Crippen LogP contribution < -0.4 is 0 Å². The van der Waals surface area contributed by atoms with E-state index in [-0.39, 0.29) is 12.2 Å². The average Bonchev–Trinajstić information content (AvgIpc) is 2.83. The number of amides is 1. The summed E-state index contributed by atoms with van der Waals surface area (Å²) >= 11 is 0. The number of hydrogen-bond donors (Lipinski definition) is 0.